The molecule has 2 heteroatoms. The van der Waals surface area contributed by atoms with Gasteiger partial charge in [0.15, 0.2) is 0 Å². The van der Waals surface area contributed by atoms with Crippen molar-refractivity contribution < 1.29 is 4.42 Å². The minimum atomic E-state index is 0.447. The summed E-state index contributed by atoms with van der Waals surface area (Å²) in [6.07, 6.45) is 8.31. The quantitative estimate of drug-likeness (QED) is 0.824. The molecule has 2 rings (SSSR count). The van der Waals surface area contributed by atoms with Crippen molar-refractivity contribution in [3.05, 3.63) is 24.2 Å². The van der Waals surface area contributed by atoms with Crippen LogP contribution in [-0.2, 0) is 6.42 Å². The monoisotopic (exact) mass is 221 g/mol. The number of hydrogen-bond donors (Lipinski definition) is 1. The molecule has 0 aromatic carbocycles. The zero-order valence-electron chi connectivity index (χ0n) is 10.5. The molecule has 0 radical (unpaired) electrons. The van der Waals surface area contributed by atoms with Crippen LogP contribution in [0.2, 0.25) is 0 Å². The lowest BCUT2D eigenvalue weighted by Crippen LogP contribution is -2.37. The first kappa shape index (κ1) is 11.7. The SMILES string of the molecule is CC(C)NCC1(Cc2ccco2)CCCC1. The normalized spacial score (nSPS) is 19.4. The molecule has 2 nitrogen and oxygen atoms in total. The Labute approximate surface area is 98.4 Å². The van der Waals surface area contributed by atoms with Gasteiger partial charge in [-0.15, -0.1) is 0 Å². The van der Waals surface area contributed by atoms with Crippen molar-refractivity contribution in [3.63, 3.8) is 0 Å². The van der Waals surface area contributed by atoms with Gasteiger partial charge >= 0.3 is 0 Å². The maximum Gasteiger partial charge on any atom is 0.104 e. The third kappa shape index (κ3) is 2.88. The molecule has 1 aliphatic rings. The highest BCUT2D eigenvalue weighted by atomic mass is 16.3. The van der Waals surface area contributed by atoms with Gasteiger partial charge in [0.1, 0.15) is 5.76 Å². The van der Waals surface area contributed by atoms with Crippen LogP contribution >= 0.6 is 0 Å². The summed E-state index contributed by atoms with van der Waals surface area (Å²) in [5.41, 5.74) is 0.447. The molecule has 1 aromatic heterocycles. The average Bonchev–Trinajstić information content (AvgIpc) is 2.88. The fraction of sp³-hybridized carbons (Fsp3) is 0.714. The summed E-state index contributed by atoms with van der Waals surface area (Å²) in [4.78, 5) is 0. The number of hydrogen-bond acceptors (Lipinski definition) is 2. The van der Waals surface area contributed by atoms with Crippen LogP contribution in [0.25, 0.3) is 0 Å². The van der Waals surface area contributed by atoms with E-state index in [1.165, 1.54) is 25.7 Å². The maximum atomic E-state index is 5.50. The summed E-state index contributed by atoms with van der Waals surface area (Å²) in [6.45, 7) is 5.57. The van der Waals surface area contributed by atoms with Gasteiger partial charge in [0.25, 0.3) is 0 Å². The van der Waals surface area contributed by atoms with Gasteiger partial charge in [-0.1, -0.05) is 26.7 Å². The molecule has 1 saturated carbocycles. The predicted octanol–water partition coefficient (Wildman–Crippen LogP) is 3.38. The fourth-order valence-electron chi connectivity index (χ4n) is 2.74. The lowest BCUT2D eigenvalue weighted by atomic mass is 9.81. The smallest absolute Gasteiger partial charge is 0.104 e. The summed E-state index contributed by atoms with van der Waals surface area (Å²) in [5.74, 6) is 1.15. The summed E-state index contributed by atoms with van der Waals surface area (Å²) in [5, 5.41) is 3.60. The van der Waals surface area contributed by atoms with E-state index in [0.29, 0.717) is 11.5 Å². The number of nitrogens with one attached hydrogen (secondary N) is 1. The first-order valence-electron chi connectivity index (χ1n) is 6.46. The van der Waals surface area contributed by atoms with E-state index in [1.54, 1.807) is 6.26 Å². The van der Waals surface area contributed by atoms with Gasteiger partial charge < -0.3 is 9.73 Å². The molecule has 1 heterocycles. The zero-order valence-corrected chi connectivity index (χ0v) is 10.5. The molecule has 16 heavy (non-hydrogen) atoms. The average molecular weight is 221 g/mol. The van der Waals surface area contributed by atoms with Crippen molar-refractivity contribution in [1.82, 2.24) is 5.32 Å². The van der Waals surface area contributed by atoms with E-state index in [0.717, 1.165) is 18.7 Å². The van der Waals surface area contributed by atoms with Crippen LogP contribution in [0.5, 0.6) is 0 Å². The Bertz CT molecular complexity index is 297. The summed E-state index contributed by atoms with van der Waals surface area (Å²) < 4.78 is 5.50. The van der Waals surface area contributed by atoms with Gasteiger partial charge in [0.05, 0.1) is 6.26 Å². The first-order chi connectivity index (χ1) is 7.70. The largest absolute Gasteiger partial charge is 0.469 e. The van der Waals surface area contributed by atoms with Crippen molar-refractivity contribution in [3.8, 4) is 0 Å². The van der Waals surface area contributed by atoms with Crippen molar-refractivity contribution in [1.29, 1.82) is 0 Å². The van der Waals surface area contributed by atoms with Crippen LogP contribution in [0.3, 0.4) is 0 Å². The van der Waals surface area contributed by atoms with E-state index in [4.69, 9.17) is 4.42 Å². The van der Waals surface area contributed by atoms with Crippen LogP contribution in [0, 0.1) is 5.41 Å². The van der Waals surface area contributed by atoms with E-state index in [9.17, 15) is 0 Å². The van der Waals surface area contributed by atoms with E-state index < -0.39 is 0 Å². The van der Waals surface area contributed by atoms with Crippen molar-refractivity contribution >= 4 is 0 Å². The van der Waals surface area contributed by atoms with Crippen LogP contribution in [0.4, 0.5) is 0 Å². The molecule has 90 valence electrons. The Morgan fingerprint density at radius 3 is 2.69 bits per heavy atom. The van der Waals surface area contributed by atoms with Crippen molar-refractivity contribution in [2.45, 2.75) is 52.0 Å². The highest BCUT2D eigenvalue weighted by molar-refractivity contribution is 5.04. The molecule has 1 fully saturated rings. The second kappa shape index (κ2) is 5.05. The Morgan fingerprint density at radius 2 is 2.12 bits per heavy atom. The lowest BCUT2D eigenvalue weighted by Gasteiger charge is -2.29. The number of furan rings is 1. The van der Waals surface area contributed by atoms with Crippen molar-refractivity contribution in [2.75, 3.05) is 6.54 Å². The van der Waals surface area contributed by atoms with E-state index in [-0.39, 0.29) is 0 Å². The second-order valence-electron chi connectivity index (χ2n) is 5.50. The minimum Gasteiger partial charge on any atom is -0.469 e. The van der Waals surface area contributed by atoms with Gasteiger partial charge in [-0.3, -0.25) is 0 Å². The molecule has 0 unspecified atom stereocenters. The van der Waals surface area contributed by atoms with Crippen LogP contribution < -0.4 is 5.32 Å². The molecule has 0 bridgehead atoms. The molecule has 1 aliphatic carbocycles. The van der Waals surface area contributed by atoms with Gasteiger partial charge in [-0.25, -0.2) is 0 Å². The van der Waals surface area contributed by atoms with Crippen LogP contribution in [0.15, 0.2) is 22.8 Å². The van der Waals surface area contributed by atoms with E-state index >= 15 is 0 Å². The Kier molecular flexibility index (Phi) is 3.70. The minimum absolute atomic E-state index is 0.447. The molecule has 0 aliphatic heterocycles. The predicted molar refractivity (Wildman–Crippen MR) is 66.5 cm³/mol. The second-order valence-corrected chi connectivity index (χ2v) is 5.50. The summed E-state index contributed by atoms with van der Waals surface area (Å²) in [6, 6.07) is 4.68. The van der Waals surface area contributed by atoms with Crippen LogP contribution in [0.1, 0.15) is 45.3 Å². The third-order valence-electron chi connectivity index (χ3n) is 3.68. The van der Waals surface area contributed by atoms with E-state index in [2.05, 4.69) is 25.2 Å². The number of rotatable bonds is 5. The highest BCUT2D eigenvalue weighted by Gasteiger charge is 2.34. The molecule has 1 aromatic rings. The first-order valence-corrected chi connectivity index (χ1v) is 6.46. The topological polar surface area (TPSA) is 25.2 Å². The summed E-state index contributed by atoms with van der Waals surface area (Å²) >= 11 is 0. The summed E-state index contributed by atoms with van der Waals surface area (Å²) in [7, 11) is 0. The lowest BCUT2D eigenvalue weighted by molar-refractivity contribution is 0.251. The standard InChI is InChI=1S/C14H23NO/c1-12(2)15-11-14(7-3-4-8-14)10-13-6-5-9-16-13/h5-6,9,12,15H,3-4,7-8,10-11H2,1-2H3. The maximum absolute atomic E-state index is 5.50. The van der Waals surface area contributed by atoms with E-state index in [1.807, 2.05) is 6.07 Å². The Morgan fingerprint density at radius 1 is 1.38 bits per heavy atom. The molecule has 0 amide bonds. The van der Waals surface area contributed by atoms with Crippen LogP contribution in [-0.4, -0.2) is 12.6 Å². The van der Waals surface area contributed by atoms with Crippen molar-refractivity contribution in [2.24, 2.45) is 5.41 Å². The molecule has 0 saturated heterocycles. The molecular weight excluding hydrogens is 198 g/mol. The third-order valence-corrected chi connectivity index (χ3v) is 3.68. The van der Waals surface area contributed by atoms with Gasteiger partial charge in [0, 0.05) is 19.0 Å². The Balaban J connectivity index is 1.98. The Hall–Kier alpha value is -0.760. The molecule has 0 atom stereocenters. The molecule has 1 N–H and O–H groups in total. The zero-order chi connectivity index (χ0) is 11.4. The van der Waals surface area contributed by atoms with Gasteiger partial charge in [0.2, 0.25) is 0 Å². The van der Waals surface area contributed by atoms with Gasteiger partial charge in [-0.05, 0) is 30.4 Å². The molecule has 0 spiro atoms. The molecular formula is C14H23NO. The fourth-order valence-corrected chi connectivity index (χ4v) is 2.74. The highest BCUT2D eigenvalue weighted by Crippen LogP contribution is 2.40. The van der Waals surface area contributed by atoms with Gasteiger partial charge in [-0.2, -0.15) is 0 Å².